The van der Waals surface area contributed by atoms with Gasteiger partial charge in [0.15, 0.2) is 0 Å². The maximum Gasteiger partial charge on any atom is 0.319 e. The van der Waals surface area contributed by atoms with E-state index >= 15 is 0 Å². The number of amides is 2. The molecule has 1 unspecified atom stereocenters. The Morgan fingerprint density at radius 1 is 1.20 bits per heavy atom. The van der Waals surface area contributed by atoms with Crippen LogP contribution in [0.4, 0.5) is 4.79 Å². The second-order valence-electron chi connectivity index (χ2n) is 10.1. The number of fused-ring (bicyclic) bond motifs is 1. The average Bonchev–Trinajstić information content (AvgIpc) is 3.14. The van der Waals surface area contributed by atoms with Gasteiger partial charge in [-0.3, -0.25) is 9.88 Å². The van der Waals surface area contributed by atoms with Gasteiger partial charge in [0.05, 0.1) is 12.1 Å². The molecule has 35 heavy (non-hydrogen) atoms. The van der Waals surface area contributed by atoms with E-state index in [1.165, 1.54) is 11.1 Å². The largest absolute Gasteiger partial charge is 0.381 e. The number of urea groups is 1. The summed E-state index contributed by atoms with van der Waals surface area (Å²) in [6.45, 7) is 6.12. The SMILES string of the molecule is CC#Cc1cncc(-c2ccc3c(c2)C(NC(=O)N(COC)C(C)C)C2(CCC(OC)CC2)C3)c1. The monoisotopic (exact) mass is 475 g/mol. The van der Waals surface area contributed by atoms with Crippen molar-refractivity contribution in [2.75, 3.05) is 21.0 Å². The van der Waals surface area contributed by atoms with Crippen LogP contribution in [0.1, 0.15) is 69.2 Å². The van der Waals surface area contributed by atoms with Crippen molar-refractivity contribution >= 4 is 6.03 Å². The van der Waals surface area contributed by atoms with E-state index in [2.05, 4.69) is 46.4 Å². The van der Waals surface area contributed by atoms with Crippen molar-refractivity contribution in [1.82, 2.24) is 15.2 Å². The molecule has 1 N–H and O–H groups in total. The number of benzene rings is 1. The Hall–Kier alpha value is -2.88. The van der Waals surface area contributed by atoms with E-state index in [1.54, 1.807) is 25.3 Å². The molecule has 2 aliphatic carbocycles. The smallest absolute Gasteiger partial charge is 0.319 e. The Kier molecular flexibility index (Phi) is 7.78. The zero-order valence-electron chi connectivity index (χ0n) is 21.6. The minimum Gasteiger partial charge on any atom is -0.381 e. The molecule has 1 fully saturated rings. The minimum absolute atomic E-state index is 0.00481. The average molecular weight is 476 g/mol. The number of methoxy groups -OCH3 is 2. The molecule has 1 heterocycles. The number of carbonyl (C=O) groups excluding carboxylic acids is 1. The number of ether oxygens (including phenoxy) is 2. The highest BCUT2D eigenvalue weighted by Gasteiger charge is 2.49. The molecule has 1 atom stereocenters. The van der Waals surface area contributed by atoms with Gasteiger partial charge >= 0.3 is 6.03 Å². The molecule has 186 valence electrons. The van der Waals surface area contributed by atoms with E-state index in [-0.39, 0.29) is 30.3 Å². The Bertz CT molecular complexity index is 1110. The number of nitrogens with one attached hydrogen (secondary N) is 1. The lowest BCUT2D eigenvalue weighted by molar-refractivity contribution is 0.0141. The number of nitrogens with zero attached hydrogens (tertiary/aromatic N) is 2. The number of carbonyl (C=O) groups is 1. The summed E-state index contributed by atoms with van der Waals surface area (Å²) in [6, 6.07) is 8.61. The van der Waals surface area contributed by atoms with Crippen LogP contribution in [0.3, 0.4) is 0 Å². The van der Waals surface area contributed by atoms with Crippen molar-refractivity contribution < 1.29 is 14.3 Å². The summed E-state index contributed by atoms with van der Waals surface area (Å²) in [4.78, 5) is 19.6. The van der Waals surface area contributed by atoms with Crippen molar-refractivity contribution in [3.63, 3.8) is 0 Å². The van der Waals surface area contributed by atoms with Gasteiger partial charge in [-0.1, -0.05) is 18.1 Å². The van der Waals surface area contributed by atoms with Gasteiger partial charge < -0.3 is 14.8 Å². The summed E-state index contributed by atoms with van der Waals surface area (Å²) in [5, 5.41) is 3.43. The fourth-order valence-electron chi connectivity index (χ4n) is 5.71. The van der Waals surface area contributed by atoms with Gasteiger partial charge in [0.2, 0.25) is 0 Å². The maximum absolute atomic E-state index is 13.4. The number of aromatic nitrogens is 1. The third-order valence-corrected chi connectivity index (χ3v) is 7.63. The zero-order valence-corrected chi connectivity index (χ0v) is 21.6. The molecule has 1 aromatic carbocycles. The summed E-state index contributed by atoms with van der Waals surface area (Å²) in [5.74, 6) is 6.04. The van der Waals surface area contributed by atoms with Crippen LogP contribution in [0, 0.1) is 17.3 Å². The van der Waals surface area contributed by atoms with E-state index in [0.29, 0.717) is 6.10 Å². The molecular formula is C29H37N3O3. The molecule has 0 bridgehead atoms. The van der Waals surface area contributed by atoms with Crippen molar-refractivity contribution in [3.05, 3.63) is 53.3 Å². The Morgan fingerprint density at radius 2 is 1.97 bits per heavy atom. The van der Waals surface area contributed by atoms with E-state index in [9.17, 15) is 4.79 Å². The summed E-state index contributed by atoms with van der Waals surface area (Å²) in [7, 11) is 3.42. The molecule has 1 saturated carbocycles. The van der Waals surface area contributed by atoms with Gasteiger partial charge in [-0.05, 0) is 87.1 Å². The van der Waals surface area contributed by atoms with Crippen molar-refractivity contribution in [2.45, 2.75) is 71.1 Å². The summed E-state index contributed by atoms with van der Waals surface area (Å²) in [6.07, 6.45) is 9.00. The van der Waals surface area contributed by atoms with Gasteiger partial charge in [-0.15, -0.1) is 5.92 Å². The van der Waals surface area contributed by atoms with E-state index in [4.69, 9.17) is 9.47 Å². The topological polar surface area (TPSA) is 63.7 Å². The second kappa shape index (κ2) is 10.8. The molecule has 0 radical (unpaired) electrons. The van der Waals surface area contributed by atoms with Crippen LogP contribution in [0.5, 0.6) is 0 Å². The second-order valence-corrected chi connectivity index (χ2v) is 10.1. The quantitative estimate of drug-likeness (QED) is 0.454. The van der Waals surface area contributed by atoms with Crippen molar-refractivity contribution in [1.29, 1.82) is 0 Å². The predicted molar refractivity (Wildman–Crippen MR) is 138 cm³/mol. The lowest BCUT2D eigenvalue weighted by Crippen LogP contribution is -2.49. The van der Waals surface area contributed by atoms with Gasteiger partial charge in [-0.25, -0.2) is 4.79 Å². The Labute approximate surface area is 209 Å². The van der Waals surface area contributed by atoms with Crippen LogP contribution in [-0.4, -0.2) is 49.0 Å². The number of pyridine rings is 1. The van der Waals surface area contributed by atoms with Gasteiger partial charge in [0.1, 0.15) is 6.73 Å². The first kappa shape index (κ1) is 25.2. The molecule has 6 heteroatoms. The van der Waals surface area contributed by atoms with Crippen LogP contribution in [0.2, 0.25) is 0 Å². The van der Waals surface area contributed by atoms with Crippen LogP contribution in [0.15, 0.2) is 36.7 Å². The van der Waals surface area contributed by atoms with Crippen LogP contribution in [0.25, 0.3) is 11.1 Å². The fraction of sp³-hybridized carbons (Fsp3) is 0.517. The first-order valence-corrected chi connectivity index (χ1v) is 12.5. The molecule has 2 aromatic rings. The molecule has 0 saturated heterocycles. The predicted octanol–water partition coefficient (Wildman–Crippen LogP) is 5.32. The van der Waals surface area contributed by atoms with Gasteiger partial charge in [0, 0.05) is 43.8 Å². The van der Waals surface area contributed by atoms with Gasteiger partial charge in [-0.2, -0.15) is 0 Å². The van der Waals surface area contributed by atoms with Crippen molar-refractivity contribution in [2.24, 2.45) is 5.41 Å². The zero-order chi connectivity index (χ0) is 25.0. The van der Waals surface area contributed by atoms with Crippen molar-refractivity contribution in [3.8, 4) is 23.0 Å². The third-order valence-electron chi connectivity index (χ3n) is 7.63. The molecular weight excluding hydrogens is 438 g/mol. The summed E-state index contributed by atoms with van der Waals surface area (Å²) < 4.78 is 11.0. The molecule has 6 nitrogen and oxygen atoms in total. The molecule has 1 aromatic heterocycles. The highest BCUT2D eigenvalue weighted by atomic mass is 16.5. The first-order valence-electron chi connectivity index (χ1n) is 12.5. The normalized spacial score (nSPS) is 23.0. The minimum atomic E-state index is -0.0831. The fourth-order valence-corrected chi connectivity index (χ4v) is 5.71. The van der Waals surface area contributed by atoms with Crippen LogP contribution in [-0.2, 0) is 15.9 Å². The first-order chi connectivity index (χ1) is 16.9. The number of rotatable bonds is 6. The summed E-state index contributed by atoms with van der Waals surface area (Å²) >= 11 is 0. The van der Waals surface area contributed by atoms with E-state index < -0.39 is 0 Å². The maximum atomic E-state index is 13.4. The van der Waals surface area contributed by atoms with E-state index in [1.807, 2.05) is 27.0 Å². The highest BCUT2D eigenvalue weighted by molar-refractivity contribution is 5.76. The standard InChI is InChI=1S/C29H37N3O3/c1-6-7-21-14-24(18-30-17-21)22-8-9-23-16-29(12-10-25(35-5)11-13-29)27(26(23)15-22)31-28(33)32(19-34-4)20(2)3/h8-9,14-15,17-18,20,25,27H,10-13,16,19H2,1-5H3,(H,31,33). The van der Waals surface area contributed by atoms with E-state index in [0.717, 1.165) is 48.8 Å². The number of hydrogen-bond donors (Lipinski definition) is 1. The lowest BCUT2D eigenvalue weighted by atomic mass is 9.68. The lowest BCUT2D eigenvalue weighted by Gasteiger charge is -2.42. The Morgan fingerprint density at radius 3 is 2.63 bits per heavy atom. The highest BCUT2D eigenvalue weighted by Crippen LogP contribution is 2.55. The molecule has 4 rings (SSSR count). The third kappa shape index (κ3) is 5.22. The van der Waals surface area contributed by atoms with Crippen LogP contribution < -0.4 is 5.32 Å². The molecule has 2 aliphatic rings. The molecule has 2 amide bonds. The molecule has 1 spiro atoms. The molecule has 0 aliphatic heterocycles. The van der Waals surface area contributed by atoms with Crippen LogP contribution >= 0.6 is 0 Å². The number of hydrogen-bond acceptors (Lipinski definition) is 4. The summed E-state index contributed by atoms with van der Waals surface area (Å²) in [5.41, 5.74) is 5.54. The Balaban J connectivity index is 1.71. The van der Waals surface area contributed by atoms with Gasteiger partial charge in [0.25, 0.3) is 0 Å².